The normalized spacial score (nSPS) is 11.1. The second kappa shape index (κ2) is 24.3. The second-order valence-electron chi connectivity index (χ2n) is 11.9. The molecule has 12 heteroatoms. The Labute approximate surface area is 318 Å². The van der Waals surface area contributed by atoms with Crippen molar-refractivity contribution >= 4 is 34.8 Å². The molecule has 0 atom stereocenters. The SMILES string of the molecule is C=C(NC(=NC(C)=NCCOCCOCCNC(=O)c1ccccc1)Nc1ccc(O)cc1)Nc1ccc(C(=C)NCc2cccc(F)c2)cc1.CCC. The van der Waals surface area contributed by atoms with Crippen LogP contribution in [0.4, 0.5) is 15.8 Å². The molecule has 0 aromatic heterocycles. The molecule has 286 valence electrons. The smallest absolute Gasteiger partial charge is 0.251 e. The number of rotatable bonds is 18. The first-order chi connectivity index (χ1) is 26.2. The molecular weight excluding hydrogens is 686 g/mol. The molecule has 0 bridgehead atoms. The molecular formula is C42H52FN7O4. The first kappa shape index (κ1) is 42.4. The summed E-state index contributed by atoms with van der Waals surface area (Å²) in [6.45, 7) is 17.0. The van der Waals surface area contributed by atoms with Crippen LogP contribution in [0, 0.1) is 5.82 Å². The van der Waals surface area contributed by atoms with Gasteiger partial charge in [0.1, 0.15) is 23.2 Å². The van der Waals surface area contributed by atoms with Gasteiger partial charge in [-0.05, 0) is 78.7 Å². The Hall–Kier alpha value is -5.98. The summed E-state index contributed by atoms with van der Waals surface area (Å²) in [5.41, 5.74) is 4.51. The van der Waals surface area contributed by atoms with Gasteiger partial charge in [-0.15, -0.1) is 0 Å². The van der Waals surface area contributed by atoms with Crippen molar-refractivity contribution in [2.24, 2.45) is 9.98 Å². The van der Waals surface area contributed by atoms with Crippen molar-refractivity contribution in [2.45, 2.75) is 33.7 Å². The Morgan fingerprint density at radius 1 is 0.778 bits per heavy atom. The number of phenolic OH excluding ortho intramolecular Hbond substituents is 1. The van der Waals surface area contributed by atoms with Gasteiger partial charge in [-0.2, -0.15) is 0 Å². The standard InChI is InChI=1S/C39H44FN7O4.C3H8/c1-28(43-27-31-8-7-11-34(40)26-31)32-12-14-35(15-13-32)44-30(3)46-39(47-36-16-18-37(48)19-17-36)45-29(2)41-20-22-50-24-25-51-23-21-42-38(49)33-9-5-4-6-10-33;1-3-2/h4-19,26,43-44,48H,1,3,20-25,27H2,2H3,(H,42,49)(H2,41,45,46,47);3H2,1-2H3. The van der Waals surface area contributed by atoms with Gasteiger partial charge in [0.2, 0.25) is 5.96 Å². The number of benzene rings is 4. The minimum absolute atomic E-state index is 0.134. The van der Waals surface area contributed by atoms with Crippen molar-refractivity contribution in [1.82, 2.24) is 16.0 Å². The third-order valence-corrected chi connectivity index (χ3v) is 7.11. The quantitative estimate of drug-likeness (QED) is 0.0267. The molecule has 6 N–H and O–H groups in total. The van der Waals surface area contributed by atoms with Gasteiger partial charge >= 0.3 is 0 Å². The summed E-state index contributed by atoms with van der Waals surface area (Å²) in [5, 5.41) is 25.3. The van der Waals surface area contributed by atoms with Crippen LogP contribution >= 0.6 is 0 Å². The van der Waals surface area contributed by atoms with Gasteiger partial charge in [-0.25, -0.2) is 9.38 Å². The number of halogens is 1. The fraction of sp³-hybridized carbons (Fsp3) is 0.262. The molecule has 0 aliphatic heterocycles. The summed E-state index contributed by atoms with van der Waals surface area (Å²) in [7, 11) is 0. The molecule has 0 heterocycles. The fourth-order valence-electron chi connectivity index (χ4n) is 4.55. The summed E-state index contributed by atoms with van der Waals surface area (Å²) in [5.74, 6) is 1.05. The lowest BCUT2D eigenvalue weighted by Gasteiger charge is -2.16. The van der Waals surface area contributed by atoms with Crippen LogP contribution in [0.5, 0.6) is 5.75 Å². The van der Waals surface area contributed by atoms with E-state index >= 15 is 0 Å². The van der Waals surface area contributed by atoms with Crippen molar-refractivity contribution in [3.63, 3.8) is 0 Å². The van der Waals surface area contributed by atoms with Crippen LogP contribution in [0.25, 0.3) is 5.70 Å². The maximum atomic E-state index is 13.5. The average Bonchev–Trinajstić information content (AvgIpc) is 3.16. The second-order valence-corrected chi connectivity index (χ2v) is 11.9. The average molecular weight is 738 g/mol. The highest BCUT2D eigenvalue weighted by molar-refractivity contribution is 6.02. The molecule has 0 saturated carbocycles. The van der Waals surface area contributed by atoms with Crippen LogP contribution in [-0.2, 0) is 16.0 Å². The number of anilines is 2. The number of hydrogen-bond acceptors (Lipinski definition) is 7. The van der Waals surface area contributed by atoms with E-state index in [2.05, 4.69) is 63.6 Å². The number of ether oxygens (including phenoxy) is 2. The molecule has 0 spiro atoms. The summed E-state index contributed by atoms with van der Waals surface area (Å²) < 4.78 is 24.6. The number of aromatic hydroxyl groups is 1. The van der Waals surface area contributed by atoms with E-state index in [-0.39, 0.29) is 17.5 Å². The van der Waals surface area contributed by atoms with E-state index in [1.165, 1.54) is 18.6 Å². The highest BCUT2D eigenvalue weighted by Crippen LogP contribution is 2.17. The molecule has 4 rings (SSSR count). The Bertz CT molecular complexity index is 1800. The summed E-state index contributed by atoms with van der Waals surface area (Å²) in [6.07, 6.45) is 1.25. The van der Waals surface area contributed by atoms with Crippen LogP contribution in [0.15, 0.2) is 132 Å². The zero-order valence-corrected chi connectivity index (χ0v) is 31.3. The number of carbonyl (C=O) groups excluding carboxylic acids is 1. The van der Waals surface area contributed by atoms with Crippen molar-refractivity contribution in [3.8, 4) is 5.75 Å². The van der Waals surface area contributed by atoms with E-state index < -0.39 is 0 Å². The maximum absolute atomic E-state index is 13.5. The highest BCUT2D eigenvalue weighted by atomic mass is 19.1. The van der Waals surface area contributed by atoms with Gasteiger partial charge in [0, 0.05) is 35.7 Å². The first-order valence-corrected chi connectivity index (χ1v) is 17.8. The number of aliphatic imine (C=N–C) groups is 2. The van der Waals surface area contributed by atoms with E-state index in [1.54, 1.807) is 49.4 Å². The molecule has 0 aliphatic carbocycles. The molecule has 0 fully saturated rings. The number of amidine groups is 1. The van der Waals surface area contributed by atoms with Crippen LogP contribution in [0.3, 0.4) is 0 Å². The zero-order chi connectivity index (χ0) is 39.0. The number of nitrogens with one attached hydrogen (secondary N) is 5. The van der Waals surface area contributed by atoms with Gasteiger partial charge in [0.15, 0.2) is 0 Å². The first-order valence-electron chi connectivity index (χ1n) is 17.8. The van der Waals surface area contributed by atoms with Gasteiger partial charge in [-0.1, -0.05) is 75.9 Å². The topological polar surface area (TPSA) is 141 Å². The summed E-state index contributed by atoms with van der Waals surface area (Å²) in [6, 6.07) is 29.6. The lowest BCUT2D eigenvalue weighted by Crippen LogP contribution is -2.33. The van der Waals surface area contributed by atoms with E-state index in [9.17, 15) is 14.3 Å². The Morgan fingerprint density at radius 3 is 2.11 bits per heavy atom. The third-order valence-electron chi connectivity index (χ3n) is 7.11. The van der Waals surface area contributed by atoms with Crippen LogP contribution < -0.4 is 26.6 Å². The molecule has 11 nitrogen and oxygen atoms in total. The van der Waals surface area contributed by atoms with Gasteiger partial charge in [0.25, 0.3) is 5.91 Å². The summed E-state index contributed by atoms with van der Waals surface area (Å²) >= 11 is 0. The Balaban J connectivity index is 0.00000253. The zero-order valence-electron chi connectivity index (χ0n) is 31.3. The Morgan fingerprint density at radius 2 is 1.43 bits per heavy atom. The molecule has 4 aromatic carbocycles. The predicted molar refractivity (Wildman–Crippen MR) is 218 cm³/mol. The number of phenols is 1. The third kappa shape index (κ3) is 17.0. The molecule has 1 amide bonds. The molecule has 0 unspecified atom stereocenters. The van der Waals surface area contributed by atoms with E-state index in [0.717, 1.165) is 16.8 Å². The van der Waals surface area contributed by atoms with Gasteiger partial charge in [0.05, 0.1) is 33.0 Å². The van der Waals surface area contributed by atoms with Gasteiger partial charge in [-0.3, -0.25) is 9.79 Å². The van der Waals surface area contributed by atoms with Crippen molar-refractivity contribution in [3.05, 3.63) is 145 Å². The van der Waals surface area contributed by atoms with Crippen LogP contribution in [-0.4, -0.2) is 62.3 Å². The molecule has 0 aliphatic rings. The van der Waals surface area contributed by atoms with E-state index in [0.29, 0.717) is 80.6 Å². The Kier molecular flexibility index (Phi) is 19.1. The van der Waals surface area contributed by atoms with Crippen molar-refractivity contribution in [1.29, 1.82) is 0 Å². The predicted octanol–water partition coefficient (Wildman–Crippen LogP) is 7.53. The van der Waals surface area contributed by atoms with Crippen molar-refractivity contribution < 1.29 is 23.8 Å². The minimum atomic E-state index is -0.276. The van der Waals surface area contributed by atoms with E-state index in [4.69, 9.17) is 9.47 Å². The number of nitrogens with zero attached hydrogens (tertiary/aromatic N) is 2. The van der Waals surface area contributed by atoms with Gasteiger partial charge < -0.3 is 41.2 Å². The fourth-order valence-corrected chi connectivity index (χ4v) is 4.55. The summed E-state index contributed by atoms with van der Waals surface area (Å²) in [4.78, 5) is 21.1. The monoisotopic (exact) mass is 737 g/mol. The van der Waals surface area contributed by atoms with Crippen LogP contribution in [0.2, 0.25) is 0 Å². The lowest BCUT2D eigenvalue weighted by atomic mass is 10.1. The molecule has 4 aromatic rings. The molecule has 54 heavy (non-hydrogen) atoms. The number of carbonyl (C=O) groups is 1. The number of guanidine groups is 1. The number of hydrogen-bond donors (Lipinski definition) is 6. The molecule has 0 saturated heterocycles. The number of amides is 1. The minimum Gasteiger partial charge on any atom is -0.508 e. The van der Waals surface area contributed by atoms with E-state index in [1.807, 2.05) is 48.5 Å². The highest BCUT2D eigenvalue weighted by Gasteiger charge is 2.07. The molecule has 0 radical (unpaired) electrons. The maximum Gasteiger partial charge on any atom is 0.251 e. The largest absolute Gasteiger partial charge is 0.508 e. The lowest BCUT2D eigenvalue weighted by molar-refractivity contribution is 0.0512. The van der Waals surface area contributed by atoms with Crippen LogP contribution in [0.1, 0.15) is 48.7 Å². The van der Waals surface area contributed by atoms with Crippen molar-refractivity contribution in [2.75, 3.05) is 50.2 Å².